The average molecular weight is 224 g/mol. The fourth-order valence-electron chi connectivity index (χ4n) is 1.99. The van der Waals surface area contributed by atoms with E-state index in [0.717, 1.165) is 37.8 Å². The Morgan fingerprint density at radius 2 is 2.31 bits per heavy atom. The molecule has 2 unspecified atom stereocenters. The van der Waals surface area contributed by atoms with E-state index in [-0.39, 0.29) is 0 Å². The minimum atomic E-state index is 0.521. The van der Waals surface area contributed by atoms with Crippen molar-refractivity contribution in [3.8, 4) is 0 Å². The van der Waals surface area contributed by atoms with Crippen LogP contribution in [0.2, 0.25) is 0 Å². The molecule has 1 aromatic rings. The van der Waals surface area contributed by atoms with Gasteiger partial charge in [0, 0.05) is 31.6 Å². The van der Waals surface area contributed by atoms with Crippen LogP contribution in [0.25, 0.3) is 0 Å². The Morgan fingerprint density at radius 3 is 3.00 bits per heavy atom. The smallest absolute Gasteiger partial charge is 0.240 e. The predicted molar refractivity (Wildman–Crippen MR) is 61.0 cm³/mol. The second-order valence-corrected chi connectivity index (χ2v) is 4.55. The molecule has 2 rings (SSSR count). The first kappa shape index (κ1) is 11.5. The van der Waals surface area contributed by atoms with Crippen LogP contribution in [0.1, 0.15) is 32.5 Å². The number of hydrogen-bond donors (Lipinski definition) is 1. The molecule has 0 aromatic carbocycles. The first-order chi connectivity index (χ1) is 7.69. The Labute approximate surface area is 96.2 Å². The SMILES string of the molecule is CCc1noc(CN2CC(C)NCC2C)n1. The van der Waals surface area contributed by atoms with Gasteiger partial charge in [-0.25, -0.2) is 0 Å². The van der Waals surface area contributed by atoms with Crippen LogP contribution in [0, 0.1) is 0 Å². The number of hydrogen-bond acceptors (Lipinski definition) is 5. The summed E-state index contributed by atoms with van der Waals surface area (Å²) >= 11 is 0. The molecule has 5 nitrogen and oxygen atoms in total. The van der Waals surface area contributed by atoms with Gasteiger partial charge in [-0.1, -0.05) is 12.1 Å². The fourth-order valence-corrected chi connectivity index (χ4v) is 1.99. The third-order valence-electron chi connectivity index (χ3n) is 3.06. The monoisotopic (exact) mass is 224 g/mol. The molecule has 2 heterocycles. The first-order valence-electron chi connectivity index (χ1n) is 5.98. The van der Waals surface area contributed by atoms with Crippen LogP contribution in [0.4, 0.5) is 0 Å². The molecule has 1 aromatic heterocycles. The highest BCUT2D eigenvalue weighted by Gasteiger charge is 2.23. The molecule has 0 amide bonds. The van der Waals surface area contributed by atoms with E-state index < -0.39 is 0 Å². The quantitative estimate of drug-likeness (QED) is 0.823. The highest BCUT2D eigenvalue weighted by atomic mass is 16.5. The number of rotatable bonds is 3. The first-order valence-corrected chi connectivity index (χ1v) is 5.98. The van der Waals surface area contributed by atoms with Gasteiger partial charge < -0.3 is 9.84 Å². The standard InChI is InChI=1S/C11H20N4O/c1-4-10-13-11(16-14-10)7-15-6-8(2)12-5-9(15)3/h8-9,12H,4-7H2,1-3H3. The Kier molecular flexibility index (Phi) is 3.56. The zero-order valence-corrected chi connectivity index (χ0v) is 10.2. The Bertz CT molecular complexity index is 338. The average Bonchev–Trinajstić information content (AvgIpc) is 2.71. The molecule has 90 valence electrons. The maximum absolute atomic E-state index is 5.22. The van der Waals surface area contributed by atoms with Crippen LogP contribution < -0.4 is 5.32 Å². The molecule has 0 spiro atoms. The second-order valence-electron chi connectivity index (χ2n) is 4.55. The van der Waals surface area contributed by atoms with E-state index in [9.17, 15) is 0 Å². The normalized spacial score (nSPS) is 27.2. The largest absolute Gasteiger partial charge is 0.338 e. The lowest BCUT2D eigenvalue weighted by atomic mass is 10.1. The van der Waals surface area contributed by atoms with Crippen molar-refractivity contribution in [1.82, 2.24) is 20.4 Å². The maximum Gasteiger partial charge on any atom is 0.240 e. The molecule has 0 saturated carbocycles. The third-order valence-corrected chi connectivity index (χ3v) is 3.06. The van der Waals surface area contributed by atoms with Gasteiger partial charge in [0.15, 0.2) is 5.82 Å². The molecule has 1 aliphatic heterocycles. The van der Waals surface area contributed by atoms with Crippen LogP contribution in [0.15, 0.2) is 4.52 Å². The van der Waals surface area contributed by atoms with Crippen LogP contribution in [0.3, 0.4) is 0 Å². The molecule has 1 saturated heterocycles. The van der Waals surface area contributed by atoms with Gasteiger partial charge in [0.05, 0.1) is 6.54 Å². The summed E-state index contributed by atoms with van der Waals surface area (Å²) in [7, 11) is 0. The topological polar surface area (TPSA) is 54.2 Å². The lowest BCUT2D eigenvalue weighted by Crippen LogP contribution is -2.53. The molecular formula is C11H20N4O. The number of nitrogens with one attached hydrogen (secondary N) is 1. The summed E-state index contributed by atoms with van der Waals surface area (Å²) in [6.07, 6.45) is 0.830. The van der Waals surface area contributed by atoms with E-state index in [2.05, 4.69) is 34.2 Å². The minimum absolute atomic E-state index is 0.521. The Hall–Kier alpha value is -0.940. The zero-order valence-electron chi connectivity index (χ0n) is 10.2. The van der Waals surface area contributed by atoms with Crippen molar-refractivity contribution in [3.63, 3.8) is 0 Å². The molecule has 5 heteroatoms. The van der Waals surface area contributed by atoms with E-state index in [1.807, 2.05) is 6.92 Å². The van der Waals surface area contributed by atoms with E-state index in [1.54, 1.807) is 0 Å². The number of piperazine rings is 1. The molecule has 2 atom stereocenters. The lowest BCUT2D eigenvalue weighted by molar-refractivity contribution is 0.123. The van der Waals surface area contributed by atoms with Crippen molar-refractivity contribution in [2.75, 3.05) is 13.1 Å². The molecule has 1 aliphatic rings. The summed E-state index contributed by atoms with van der Waals surface area (Å²) in [6.45, 7) is 9.27. The highest BCUT2D eigenvalue weighted by Crippen LogP contribution is 2.11. The number of nitrogens with zero attached hydrogens (tertiary/aromatic N) is 3. The van der Waals surface area contributed by atoms with Gasteiger partial charge >= 0.3 is 0 Å². The summed E-state index contributed by atoms with van der Waals surface area (Å²) in [5, 5.41) is 7.37. The number of aromatic nitrogens is 2. The maximum atomic E-state index is 5.22. The summed E-state index contributed by atoms with van der Waals surface area (Å²) in [6, 6.07) is 1.05. The van der Waals surface area contributed by atoms with Crippen molar-refractivity contribution in [3.05, 3.63) is 11.7 Å². The molecule has 16 heavy (non-hydrogen) atoms. The van der Waals surface area contributed by atoms with Gasteiger partial charge in [0.2, 0.25) is 5.89 Å². The van der Waals surface area contributed by atoms with Gasteiger partial charge in [-0.3, -0.25) is 4.90 Å². The summed E-state index contributed by atoms with van der Waals surface area (Å²) in [4.78, 5) is 6.73. The van der Waals surface area contributed by atoms with E-state index in [4.69, 9.17) is 4.52 Å². The molecule has 0 radical (unpaired) electrons. The number of aryl methyl sites for hydroxylation is 1. The van der Waals surface area contributed by atoms with Gasteiger partial charge in [-0.2, -0.15) is 4.98 Å². The Morgan fingerprint density at radius 1 is 1.50 bits per heavy atom. The van der Waals surface area contributed by atoms with Crippen LogP contribution in [-0.4, -0.2) is 40.2 Å². The van der Waals surface area contributed by atoms with E-state index in [1.165, 1.54) is 0 Å². The van der Waals surface area contributed by atoms with Gasteiger partial charge in [-0.15, -0.1) is 0 Å². The lowest BCUT2D eigenvalue weighted by Gasteiger charge is -2.36. The van der Waals surface area contributed by atoms with Crippen LogP contribution >= 0.6 is 0 Å². The van der Waals surface area contributed by atoms with Crippen molar-refractivity contribution in [2.45, 2.75) is 45.8 Å². The summed E-state index contributed by atoms with van der Waals surface area (Å²) in [5.74, 6) is 1.53. The van der Waals surface area contributed by atoms with Gasteiger partial charge in [-0.05, 0) is 13.8 Å². The molecule has 1 N–H and O–H groups in total. The molecule has 1 fully saturated rings. The zero-order chi connectivity index (χ0) is 11.5. The summed E-state index contributed by atoms with van der Waals surface area (Å²) in [5.41, 5.74) is 0. The fraction of sp³-hybridized carbons (Fsp3) is 0.818. The van der Waals surface area contributed by atoms with Crippen molar-refractivity contribution >= 4 is 0 Å². The summed E-state index contributed by atoms with van der Waals surface area (Å²) < 4.78 is 5.22. The minimum Gasteiger partial charge on any atom is -0.338 e. The second kappa shape index (κ2) is 4.93. The van der Waals surface area contributed by atoms with Crippen molar-refractivity contribution < 1.29 is 4.52 Å². The molecule has 0 aliphatic carbocycles. The van der Waals surface area contributed by atoms with Crippen LogP contribution in [0.5, 0.6) is 0 Å². The van der Waals surface area contributed by atoms with Crippen LogP contribution in [-0.2, 0) is 13.0 Å². The van der Waals surface area contributed by atoms with E-state index >= 15 is 0 Å². The highest BCUT2D eigenvalue weighted by molar-refractivity contribution is 4.89. The molecule has 0 bridgehead atoms. The van der Waals surface area contributed by atoms with Gasteiger partial charge in [0.25, 0.3) is 0 Å². The predicted octanol–water partition coefficient (Wildman–Crippen LogP) is 0.814. The van der Waals surface area contributed by atoms with Crippen molar-refractivity contribution in [1.29, 1.82) is 0 Å². The third kappa shape index (κ3) is 2.59. The Balaban J connectivity index is 1.97. The van der Waals surface area contributed by atoms with Gasteiger partial charge in [0.1, 0.15) is 0 Å². The van der Waals surface area contributed by atoms with E-state index in [0.29, 0.717) is 12.1 Å². The molecular weight excluding hydrogens is 204 g/mol. The van der Waals surface area contributed by atoms with Crippen molar-refractivity contribution in [2.24, 2.45) is 0 Å².